The van der Waals surface area contributed by atoms with Crippen LogP contribution in [0.2, 0.25) is 5.02 Å². The van der Waals surface area contributed by atoms with Crippen LogP contribution in [0, 0.1) is 17.8 Å². The van der Waals surface area contributed by atoms with Crippen molar-refractivity contribution in [1.29, 1.82) is 0 Å². The number of rotatable bonds is 4. The number of fused-ring (bicyclic) bond motifs is 3. The van der Waals surface area contributed by atoms with Gasteiger partial charge in [0.2, 0.25) is 10.0 Å². The fourth-order valence-electron chi connectivity index (χ4n) is 8.71. The number of nitrogens with zero attached hydrogens (tertiary/aromatic N) is 3. The highest BCUT2D eigenvalue weighted by atomic mass is 35.5. The van der Waals surface area contributed by atoms with Gasteiger partial charge in [-0.3, -0.25) is 14.6 Å². The number of anilines is 1. The summed E-state index contributed by atoms with van der Waals surface area (Å²) >= 11 is 6.40. The van der Waals surface area contributed by atoms with Gasteiger partial charge in [-0.05, 0) is 118 Å². The number of aryl methyl sites for hydroxylation is 1. The molecule has 1 saturated heterocycles. The van der Waals surface area contributed by atoms with E-state index in [1.165, 1.54) is 18.4 Å². The number of carbonyl (C=O) groups excluding carboxylic acids is 1. The van der Waals surface area contributed by atoms with Gasteiger partial charge in [0.25, 0.3) is 5.91 Å². The van der Waals surface area contributed by atoms with Crippen molar-refractivity contribution in [2.24, 2.45) is 17.8 Å². The second-order valence-corrected chi connectivity index (χ2v) is 18.2. The quantitative estimate of drug-likeness (QED) is 0.366. The average Bonchev–Trinajstić information content (AvgIpc) is 3.95. The summed E-state index contributed by atoms with van der Waals surface area (Å²) in [5.74, 6) is 0.531. The summed E-state index contributed by atoms with van der Waals surface area (Å²) in [6, 6.07) is 12.1. The standard InChI is InChI=1S/C40H55ClN4O5S/c1-28-7-6-17-40(49-3,27-43-19-21-44(22-20-43)35-13-14-35)36-15-10-32(36)25-45-18-5-4-8-30-23-34(41)12-9-33(30)26-50-38-16-11-31(24-37(38)45)39(46)42-51(47,48)29(28)2/h6,9,11-12,16-17,23-24,28-29,32,35-36H,4-5,7-8,10,13-15,18-22,25-27H2,1-3H3,(H,42,46)/b17-6+/t28-,29+,32-,36+,40-/m0/s1. The second-order valence-electron chi connectivity index (χ2n) is 15.7. The third-order valence-corrected chi connectivity index (χ3v) is 14.6. The molecule has 0 aromatic heterocycles. The molecule has 0 spiro atoms. The van der Waals surface area contributed by atoms with Crippen molar-refractivity contribution in [3.05, 3.63) is 70.3 Å². The van der Waals surface area contributed by atoms with Crippen molar-refractivity contribution in [1.82, 2.24) is 14.5 Å². The third kappa shape index (κ3) is 8.15. The molecule has 2 aliphatic carbocycles. The summed E-state index contributed by atoms with van der Waals surface area (Å²) in [6.45, 7) is 10.7. The van der Waals surface area contributed by atoms with E-state index >= 15 is 0 Å². The Balaban J connectivity index is 1.24. The van der Waals surface area contributed by atoms with Gasteiger partial charge in [-0.2, -0.15) is 0 Å². The molecule has 5 aliphatic rings. The van der Waals surface area contributed by atoms with Crippen LogP contribution in [0.1, 0.15) is 80.3 Å². The van der Waals surface area contributed by atoms with Crippen LogP contribution >= 0.6 is 11.6 Å². The van der Waals surface area contributed by atoms with Crippen molar-refractivity contribution in [3.8, 4) is 5.75 Å². The van der Waals surface area contributed by atoms with Crippen molar-refractivity contribution in [2.75, 3.05) is 57.8 Å². The Bertz CT molecular complexity index is 1710. The van der Waals surface area contributed by atoms with Gasteiger partial charge in [-0.1, -0.05) is 36.7 Å². The first-order valence-electron chi connectivity index (χ1n) is 19.1. The molecule has 11 heteroatoms. The number of sulfonamides is 1. The summed E-state index contributed by atoms with van der Waals surface area (Å²) < 4.78 is 42.7. The Morgan fingerprint density at radius 2 is 1.78 bits per heavy atom. The van der Waals surface area contributed by atoms with Crippen molar-refractivity contribution >= 4 is 33.2 Å². The van der Waals surface area contributed by atoms with E-state index in [4.69, 9.17) is 21.1 Å². The first-order valence-corrected chi connectivity index (χ1v) is 21.0. The van der Waals surface area contributed by atoms with E-state index in [0.717, 1.165) is 100 Å². The molecule has 5 atom stereocenters. The van der Waals surface area contributed by atoms with Crippen LogP contribution in [0.15, 0.2) is 48.6 Å². The topological polar surface area (TPSA) is 91.4 Å². The van der Waals surface area contributed by atoms with Crippen LogP contribution in [0.5, 0.6) is 5.75 Å². The molecule has 3 heterocycles. The summed E-state index contributed by atoms with van der Waals surface area (Å²) in [6.07, 6.45) is 12.7. The van der Waals surface area contributed by atoms with Crippen LogP contribution < -0.4 is 14.4 Å². The maximum atomic E-state index is 13.6. The molecule has 2 aromatic carbocycles. The van der Waals surface area contributed by atoms with Crippen LogP contribution in [-0.4, -0.2) is 93.9 Å². The van der Waals surface area contributed by atoms with Gasteiger partial charge < -0.3 is 14.4 Å². The Kier molecular flexibility index (Phi) is 11.1. The molecular weight excluding hydrogens is 684 g/mol. The number of carbonyl (C=O) groups is 1. The molecule has 9 nitrogen and oxygen atoms in total. The highest BCUT2D eigenvalue weighted by molar-refractivity contribution is 7.90. The lowest BCUT2D eigenvalue weighted by Gasteiger charge is -2.52. The Morgan fingerprint density at radius 1 is 0.980 bits per heavy atom. The average molecular weight is 739 g/mol. The lowest BCUT2D eigenvalue weighted by atomic mass is 9.63. The van der Waals surface area contributed by atoms with Gasteiger partial charge in [-0.25, -0.2) is 13.1 Å². The largest absolute Gasteiger partial charge is 0.487 e. The van der Waals surface area contributed by atoms with Crippen molar-refractivity contribution in [3.63, 3.8) is 0 Å². The van der Waals surface area contributed by atoms with Gasteiger partial charge in [0.05, 0.1) is 10.9 Å². The molecule has 0 unspecified atom stereocenters. The number of amides is 1. The highest BCUT2D eigenvalue weighted by Crippen LogP contribution is 2.47. The van der Waals surface area contributed by atoms with Crippen LogP contribution in [0.25, 0.3) is 0 Å². The Morgan fingerprint density at radius 3 is 2.51 bits per heavy atom. The fraction of sp³-hybridized carbons (Fsp3) is 0.625. The number of methoxy groups -OCH3 is 1. The minimum atomic E-state index is -3.94. The maximum Gasteiger partial charge on any atom is 0.264 e. The first-order chi connectivity index (χ1) is 24.5. The Labute approximate surface area is 309 Å². The zero-order valence-corrected chi connectivity index (χ0v) is 32.1. The van der Waals surface area contributed by atoms with Crippen molar-refractivity contribution in [2.45, 2.75) is 88.7 Å². The predicted molar refractivity (Wildman–Crippen MR) is 203 cm³/mol. The molecule has 278 valence electrons. The van der Waals surface area contributed by atoms with Crippen LogP contribution in [0.4, 0.5) is 5.69 Å². The monoisotopic (exact) mass is 738 g/mol. The molecule has 1 amide bonds. The van der Waals surface area contributed by atoms with E-state index in [2.05, 4.69) is 31.6 Å². The van der Waals surface area contributed by atoms with Gasteiger partial charge in [0, 0.05) is 69.6 Å². The highest BCUT2D eigenvalue weighted by Gasteiger charge is 2.48. The number of hydrogen-bond donors (Lipinski definition) is 1. The number of allylic oxidation sites excluding steroid dienone is 1. The fourth-order valence-corrected chi connectivity index (χ4v) is 10.2. The molecule has 3 aliphatic heterocycles. The molecule has 2 bridgehead atoms. The number of piperazine rings is 1. The first kappa shape index (κ1) is 36.7. The van der Waals surface area contributed by atoms with E-state index in [9.17, 15) is 13.2 Å². The Hall–Kier alpha value is -2.63. The number of nitrogens with one attached hydrogen (secondary N) is 1. The predicted octanol–water partition coefficient (Wildman–Crippen LogP) is 6.30. The maximum absolute atomic E-state index is 13.6. The molecule has 1 N–H and O–H groups in total. The van der Waals surface area contributed by atoms with Crippen LogP contribution in [0.3, 0.4) is 0 Å². The molecule has 0 radical (unpaired) electrons. The zero-order chi connectivity index (χ0) is 35.8. The number of halogens is 1. The number of ether oxygens (including phenoxy) is 2. The molecule has 2 saturated carbocycles. The SMILES string of the molecule is CO[C@]1(CN2CCN(C3CC3)CC2)/C=C/C[C@H](C)[C@@H](C)S(=O)(=O)NC(=O)c2ccc3c(c2)N(CCCCc2cc(Cl)ccc2CO3)C[C@@H]2CC[C@H]21. The minimum Gasteiger partial charge on any atom is -0.487 e. The van der Waals surface area contributed by atoms with Gasteiger partial charge in [0.1, 0.15) is 18.0 Å². The summed E-state index contributed by atoms with van der Waals surface area (Å²) in [5.41, 5.74) is 2.93. The van der Waals surface area contributed by atoms with Gasteiger partial charge >= 0.3 is 0 Å². The lowest BCUT2D eigenvalue weighted by Crippen LogP contribution is -2.58. The van der Waals surface area contributed by atoms with E-state index in [1.807, 2.05) is 44.4 Å². The zero-order valence-electron chi connectivity index (χ0n) is 30.5. The van der Waals surface area contributed by atoms with E-state index < -0.39 is 26.8 Å². The lowest BCUT2D eigenvalue weighted by molar-refractivity contribution is -0.0955. The van der Waals surface area contributed by atoms with Gasteiger partial charge in [0.15, 0.2) is 0 Å². The normalized spacial score (nSPS) is 31.5. The third-order valence-electron chi connectivity index (χ3n) is 12.5. The minimum absolute atomic E-state index is 0.206. The summed E-state index contributed by atoms with van der Waals surface area (Å²) in [4.78, 5) is 21.2. The van der Waals surface area contributed by atoms with Crippen molar-refractivity contribution < 1.29 is 22.7 Å². The number of benzene rings is 2. The van der Waals surface area contributed by atoms with E-state index in [1.54, 1.807) is 13.0 Å². The summed E-state index contributed by atoms with van der Waals surface area (Å²) in [5, 5.41) is -0.0444. The summed E-state index contributed by atoms with van der Waals surface area (Å²) in [7, 11) is -2.08. The van der Waals surface area contributed by atoms with Gasteiger partial charge in [-0.15, -0.1) is 0 Å². The molecule has 7 rings (SSSR count). The second kappa shape index (κ2) is 15.4. The number of hydrogen-bond acceptors (Lipinski definition) is 8. The molecule has 3 fully saturated rings. The smallest absolute Gasteiger partial charge is 0.264 e. The van der Waals surface area contributed by atoms with E-state index in [0.29, 0.717) is 36.2 Å². The molecule has 2 aromatic rings. The van der Waals surface area contributed by atoms with E-state index in [-0.39, 0.29) is 5.92 Å². The van der Waals surface area contributed by atoms with Crippen LogP contribution in [-0.2, 0) is 27.8 Å². The molecule has 51 heavy (non-hydrogen) atoms. The molecular formula is C40H55ClN4O5S.